The Balaban J connectivity index is 1.91. The number of anilines is 1. The molecule has 2 aromatic carbocycles. The number of para-hydroxylation sites is 1. The monoisotopic (exact) mass is 327 g/mol. The lowest BCUT2D eigenvalue weighted by molar-refractivity contribution is 0.0698. The second-order valence-corrected chi connectivity index (χ2v) is 6.85. The molecule has 0 aliphatic carbocycles. The number of carbonyl (C=O) groups is 1. The maximum Gasteiger partial charge on any atom is 0.337 e. The molecule has 0 bridgehead atoms. The Morgan fingerprint density at radius 3 is 2.38 bits per heavy atom. The zero-order valence-corrected chi connectivity index (χ0v) is 14.7. The van der Waals surface area contributed by atoms with E-state index in [-0.39, 0.29) is 11.0 Å². The molecule has 2 N–H and O–H groups in total. The van der Waals surface area contributed by atoms with Gasteiger partial charge in [-0.3, -0.25) is 0 Å². The summed E-state index contributed by atoms with van der Waals surface area (Å²) in [6.45, 7) is 9.41. The number of aromatic carboxylic acids is 1. The second kappa shape index (κ2) is 7.39. The van der Waals surface area contributed by atoms with Crippen molar-refractivity contribution in [2.24, 2.45) is 0 Å². The lowest BCUT2D eigenvalue weighted by atomic mass is 9.87. The molecule has 0 heterocycles. The molecule has 0 aliphatic heterocycles. The van der Waals surface area contributed by atoms with Gasteiger partial charge < -0.3 is 15.2 Å². The molecule has 0 unspecified atom stereocenters. The zero-order valence-electron chi connectivity index (χ0n) is 14.7. The Hall–Kier alpha value is -2.49. The smallest absolute Gasteiger partial charge is 0.337 e. The van der Waals surface area contributed by atoms with Crippen molar-refractivity contribution in [1.82, 2.24) is 0 Å². The number of carboxylic acids is 1. The molecule has 4 nitrogen and oxygen atoms in total. The van der Waals surface area contributed by atoms with Crippen LogP contribution in [0.15, 0.2) is 42.5 Å². The summed E-state index contributed by atoms with van der Waals surface area (Å²) in [5.74, 6) is -0.118. The van der Waals surface area contributed by atoms with Crippen LogP contribution in [0, 0.1) is 6.92 Å². The van der Waals surface area contributed by atoms with E-state index in [1.165, 1.54) is 5.56 Å². The predicted molar refractivity (Wildman–Crippen MR) is 97.3 cm³/mol. The fraction of sp³-hybridized carbons (Fsp3) is 0.350. The third kappa shape index (κ3) is 4.51. The molecule has 0 spiro atoms. The average Bonchev–Trinajstić information content (AvgIpc) is 2.52. The molecular formula is C20H25NO3. The summed E-state index contributed by atoms with van der Waals surface area (Å²) in [6, 6.07) is 13.3. The van der Waals surface area contributed by atoms with Gasteiger partial charge in [0.25, 0.3) is 0 Å². The van der Waals surface area contributed by atoms with E-state index in [1.807, 2.05) is 25.1 Å². The van der Waals surface area contributed by atoms with Gasteiger partial charge in [-0.25, -0.2) is 4.79 Å². The van der Waals surface area contributed by atoms with Crippen molar-refractivity contribution in [3.63, 3.8) is 0 Å². The van der Waals surface area contributed by atoms with Crippen LogP contribution in [0.3, 0.4) is 0 Å². The molecule has 0 radical (unpaired) electrons. The van der Waals surface area contributed by atoms with Crippen LogP contribution in [0.2, 0.25) is 0 Å². The van der Waals surface area contributed by atoms with Gasteiger partial charge in [-0.2, -0.15) is 0 Å². The Morgan fingerprint density at radius 1 is 1.12 bits per heavy atom. The van der Waals surface area contributed by atoms with E-state index in [2.05, 4.69) is 38.2 Å². The topological polar surface area (TPSA) is 58.6 Å². The fourth-order valence-corrected chi connectivity index (χ4v) is 2.48. The van der Waals surface area contributed by atoms with E-state index < -0.39 is 5.97 Å². The first-order valence-electron chi connectivity index (χ1n) is 8.09. The lowest BCUT2D eigenvalue weighted by Crippen LogP contribution is -2.15. The number of hydrogen-bond donors (Lipinski definition) is 2. The highest BCUT2D eigenvalue weighted by molar-refractivity contribution is 5.95. The molecule has 0 aromatic heterocycles. The number of ether oxygens (including phenoxy) is 1. The van der Waals surface area contributed by atoms with E-state index in [1.54, 1.807) is 12.1 Å². The average molecular weight is 327 g/mol. The van der Waals surface area contributed by atoms with Crippen molar-refractivity contribution >= 4 is 11.7 Å². The van der Waals surface area contributed by atoms with Crippen molar-refractivity contribution < 1.29 is 14.6 Å². The molecule has 2 aromatic rings. The van der Waals surface area contributed by atoms with Gasteiger partial charge in [0.05, 0.1) is 11.3 Å². The number of aryl methyl sites for hydroxylation is 1. The summed E-state index contributed by atoms with van der Waals surface area (Å²) in [6.07, 6.45) is 0. The number of nitrogens with one attached hydrogen (secondary N) is 1. The molecule has 0 amide bonds. The Labute approximate surface area is 143 Å². The molecule has 2 rings (SSSR count). The van der Waals surface area contributed by atoms with E-state index in [4.69, 9.17) is 4.74 Å². The number of rotatable bonds is 6. The molecule has 0 atom stereocenters. The Kier molecular flexibility index (Phi) is 5.50. The normalized spacial score (nSPS) is 11.2. The Bertz CT molecular complexity index is 700. The first-order chi connectivity index (χ1) is 11.3. The third-order valence-corrected chi connectivity index (χ3v) is 3.90. The van der Waals surface area contributed by atoms with E-state index in [9.17, 15) is 9.90 Å². The van der Waals surface area contributed by atoms with Crippen LogP contribution < -0.4 is 10.1 Å². The minimum Gasteiger partial charge on any atom is -0.492 e. The maximum atomic E-state index is 11.3. The van der Waals surface area contributed by atoms with E-state index in [0.29, 0.717) is 18.8 Å². The quantitative estimate of drug-likeness (QED) is 0.768. The summed E-state index contributed by atoms with van der Waals surface area (Å²) < 4.78 is 5.73. The summed E-state index contributed by atoms with van der Waals surface area (Å²) in [4.78, 5) is 11.3. The minimum absolute atomic E-state index is 0.123. The summed E-state index contributed by atoms with van der Waals surface area (Å²) in [7, 11) is 0. The first kappa shape index (κ1) is 17.9. The van der Waals surface area contributed by atoms with Gasteiger partial charge in [0.1, 0.15) is 12.4 Å². The molecule has 128 valence electrons. The highest BCUT2D eigenvalue weighted by Crippen LogP contribution is 2.24. The molecule has 4 heteroatoms. The van der Waals surface area contributed by atoms with Crippen molar-refractivity contribution in [1.29, 1.82) is 0 Å². The van der Waals surface area contributed by atoms with Gasteiger partial charge in [0, 0.05) is 6.54 Å². The Morgan fingerprint density at radius 2 is 1.79 bits per heavy atom. The van der Waals surface area contributed by atoms with Crippen molar-refractivity contribution in [3.05, 3.63) is 59.2 Å². The lowest BCUT2D eigenvalue weighted by Gasteiger charge is -2.19. The number of hydrogen-bond acceptors (Lipinski definition) is 3. The zero-order chi connectivity index (χ0) is 17.7. The van der Waals surface area contributed by atoms with Crippen LogP contribution in [0.25, 0.3) is 0 Å². The van der Waals surface area contributed by atoms with E-state index in [0.717, 1.165) is 11.3 Å². The second-order valence-electron chi connectivity index (χ2n) is 6.85. The van der Waals surface area contributed by atoms with Crippen LogP contribution in [0.4, 0.5) is 5.69 Å². The highest BCUT2D eigenvalue weighted by Gasteiger charge is 2.13. The summed E-state index contributed by atoms with van der Waals surface area (Å²) in [5, 5.41) is 12.4. The van der Waals surface area contributed by atoms with Crippen LogP contribution >= 0.6 is 0 Å². The van der Waals surface area contributed by atoms with Gasteiger partial charge in [0.15, 0.2) is 0 Å². The molecule has 0 aliphatic rings. The fourth-order valence-electron chi connectivity index (χ4n) is 2.48. The van der Waals surface area contributed by atoms with Crippen LogP contribution in [0.1, 0.15) is 42.3 Å². The van der Waals surface area contributed by atoms with Gasteiger partial charge in [-0.1, -0.05) is 45.0 Å². The van der Waals surface area contributed by atoms with Gasteiger partial charge in [-0.15, -0.1) is 0 Å². The largest absolute Gasteiger partial charge is 0.492 e. The van der Waals surface area contributed by atoms with Crippen molar-refractivity contribution in [3.8, 4) is 5.75 Å². The third-order valence-electron chi connectivity index (χ3n) is 3.90. The standard InChI is InChI=1S/C20H25NO3/c1-14-6-5-7-17(19(22)23)18(14)21-12-13-24-16-10-8-15(9-11-16)20(2,3)4/h5-11,21H,12-13H2,1-4H3,(H,22,23). The molecule has 0 fully saturated rings. The van der Waals surface area contributed by atoms with Crippen molar-refractivity contribution in [2.45, 2.75) is 33.1 Å². The summed E-state index contributed by atoms with van der Waals surface area (Å²) in [5.41, 5.74) is 3.22. The minimum atomic E-state index is -0.931. The molecular weight excluding hydrogens is 302 g/mol. The number of carboxylic acid groups (broad SMARTS) is 1. The molecule has 24 heavy (non-hydrogen) atoms. The van der Waals surface area contributed by atoms with Crippen LogP contribution in [-0.2, 0) is 5.41 Å². The summed E-state index contributed by atoms with van der Waals surface area (Å²) >= 11 is 0. The van der Waals surface area contributed by atoms with Gasteiger partial charge in [0.2, 0.25) is 0 Å². The van der Waals surface area contributed by atoms with E-state index >= 15 is 0 Å². The number of benzene rings is 2. The first-order valence-corrected chi connectivity index (χ1v) is 8.09. The van der Waals surface area contributed by atoms with Gasteiger partial charge >= 0.3 is 5.97 Å². The molecule has 0 saturated heterocycles. The van der Waals surface area contributed by atoms with Crippen molar-refractivity contribution in [2.75, 3.05) is 18.5 Å². The predicted octanol–water partition coefficient (Wildman–Crippen LogP) is 4.48. The van der Waals surface area contributed by atoms with Crippen LogP contribution in [0.5, 0.6) is 5.75 Å². The highest BCUT2D eigenvalue weighted by atomic mass is 16.5. The maximum absolute atomic E-state index is 11.3. The molecule has 0 saturated carbocycles. The SMILES string of the molecule is Cc1cccc(C(=O)O)c1NCCOc1ccc(C(C)(C)C)cc1. The van der Waals surface area contributed by atoms with Crippen LogP contribution in [-0.4, -0.2) is 24.2 Å². The van der Waals surface area contributed by atoms with Gasteiger partial charge in [-0.05, 0) is 41.7 Å².